The van der Waals surface area contributed by atoms with Crippen molar-refractivity contribution in [1.29, 1.82) is 5.26 Å². The minimum atomic E-state index is -2.94. The van der Waals surface area contributed by atoms with E-state index in [0.717, 1.165) is 15.9 Å². The van der Waals surface area contributed by atoms with E-state index in [0.29, 0.717) is 3.57 Å². The number of amides is 3. The van der Waals surface area contributed by atoms with Gasteiger partial charge < -0.3 is 5.32 Å². The second-order valence-corrected chi connectivity index (χ2v) is 12.3. The summed E-state index contributed by atoms with van der Waals surface area (Å²) < 4.78 is 42.5. The van der Waals surface area contributed by atoms with E-state index in [2.05, 4.69) is 10.3 Å². The van der Waals surface area contributed by atoms with Gasteiger partial charge in [0.1, 0.15) is 23.7 Å². The van der Waals surface area contributed by atoms with Crippen LogP contribution in [0.1, 0.15) is 42.9 Å². The van der Waals surface area contributed by atoms with Crippen LogP contribution in [0.3, 0.4) is 0 Å². The van der Waals surface area contributed by atoms with E-state index in [9.17, 15) is 32.8 Å². The Morgan fingerprint density at radius 3 is 2.58 bits per heavy atom. The van der Waals surface area contributed by atoms with Gasteiger partial charge in [-0.1, -0.05) is 23.2 Å². The number of anilines is 2. The number of halogens is 6. The number of alkyl halides is 2. The number of benzene rings is 2. The number of pyridine rings is 1. The van der Waals surface area contributed by atoms with Crippen LogP contribution in [0.15, 0.2) is 54.7 Å². The first kappa shape index (κ1) is 31.0. The van der Waals surface area contributed by atoms with Crippen molar-refractivity contribution in [1.82, 2.24) is 10.3 Å². The number of carbonyl (C=O) groups is 3. The van der Waals surface area contributed by atoms with E-state index in [1.54, 1.807) is 0 Å². The van der Waals surface area contributed by atoms with Crippen LogP contribution in [-0.4, -0.2) is 40.7 Å². The Kier molecular flexibility index (Phi) is 8.87. The summed E-state index contributed by atoms with van der Waals surface area (Å²) in [5.74, 6) is -5.69. The molecule has 1 aromatic heterocycles. The monoisotopic (exact) mass is 741 g/mol. The number of nitrogens with zero attached hydrogens (tertiary/aromatic N) is 4. The summed E-state index contributed by atoms with van der Waals surface area (Å²) in [5, 5.41) is 12.1. The highest BCUT2D eigenvalue weighted by Crippen LogP contribution is 2.40. The van der Waals surface area contributed by atoms with Crippen molar-refractivity contribution in [3.63, 3.8) is 0 Å². The Bertz CT molecular complexity index is 1640. The smallest absolute Gasteiger partial charge is 0.252 e. The van der Waals surface area contributed by atoms with Crippen molar-refractivity contribution in [2.24, 2.45) is 0 Å². The molecule has 1 aliphatic carbocycles. The van der Waals surface area contributed by atoms with Gasteiger partial charge in [-0.05, 0) is 77.5 Å². The quantitative estimate of drug-likeness (QED) is 0.291. The third kappa shape index (κ3) is 6.58. The highest BCUT2D eigenvalue weighted by atomic mass is 127. The Balaban J connectivity index is 1.65. The molecule has 1 saturated carbocycles. The Morgan fingerprint density at radius 1 is 1.16 bits per heavy atom. The fourth-order valence-corrected chi connectivity index (χ4v) is 6.25. The van der Waals surface area contributed by atoms with Crippen LogP contribution in [0.4, 0.5) is 24.7 Å². The molecule has 0 unspecified atom stereocenters. The second-order valence-electron chi connectivity index (χ2n) is 10.2. The van der Waals surface area contributed by atoms with Gasteiger partial charge in [0.2, 0.25) is 11.8 Å². The average molecular weight is 742 g/mol. The summed E-state index contributed by atoms with van der Waals surface area (Å²) in [6.45, 7) is 0. The van der Waals surface area contributed by atoms with Crippen LogP contribution < -0.4 is 15.1 Å². The molecule has 0 spiro atoms. The lowest BCUT2D eigenvalue weighted by Crippen LogP contribution is -2.56. The minimum Gasteiger partial charge on any atom is -0.351 e. The third-order valence-corrected chi connectivity index (χ3v) is 8.38. The molecule has 1 aliphatic heterocycles. The Morgan fingerprint density at radius 2 is 1.91 bits per heavy atom. The molecule has 222 valence electrons. The molecule has 14 heteroatoms. The highest BCUT2D eigenvalue weighted by molar-refractivity contribution is 14.1. The van der Waals surface area contributed by atoms with E-state index in [-0.39, 0.29) is 45.5 Å². The molecule has 1 N–H and O–H groups in total. The number of hydrogen-bond donors (Lipinski definition) is 1. The molecule has 2 heterocycles. The van der Waals surface area contributed by atoms with Gasteiger partial charge in [-0.2, -0.15) is 5.26 Å². The van der Waals surface area contributed by atoms with E-state index < -0.39 is 60.4 Å². The molecule has 0 bridgehead atoms. The lowest BCUT2D eigenvalue weighted by Gasteiger charge is -2.39. The summed E-state index contributed by atoms with van der Waals surface area (Å²) in [5.41, 5.74) is 0.223. The van der Waals surface area contributed by atoms with E-state index >= 15 is 0 Å². The number of aromatic nitrogens is 1. The average Bonchev–Trinajstić information content (AvgIpc) is 3.32. The summed E-state index contributed by atoms with van der Waals surface area (Å²) in [7, 11) is 0. The lowest BCUT2D eigenvalue weighted by atomic mass is 9.87. The predicted molar refractivity (Wildman–Crippen MR) is 161 cm³/mol. The predicted octanol–water partition coefficient (Wildman–Crippen LogP) is 6.19. The maximum atomic E-state index is 14.8. The number of rotatable bonds is 7. The van der Waals surface area contributed by atoms with Crippen LogP contribution in [-0.2, 0) is 14.4 Å². The van der Waals surface area contributed by atoms with Crippen LogP contribution >= 0.6 is 45.8 Å². The van der Waals surface area contributed by atoms with E-state index in [1.165, 1.54) is 48.7 Å². The largest absolute Gasteiger partial charge is 0.351 e. The molecule has 2 aromatic carbocycles. The van der Waals surface area contributed by atoms with Gasteiger partial charge in [0.15, 0.2) is 0 Å². The SMILES string of the molecule is N#Cc1ccnc(N2C(=O)CC[C@H]2C(=O)N(c2cc(F)cc(I)c2)[C@H](C(=O)NC2CC(F)(F)C2)c2cc(Cl)ccc2Cl)c1. The zero-order valence-electron chi connectivity index (χ0n) is 22.0. The molecule has 2 aliphatic rings. The first-order chi connectivity index (χ1) is 20.4. The fourth-order valence-electron chi connectivity index (χ4n) is 5.23. The van der Waals surface area contributed by atoms with E-state index in [1.807, 2.05) is 28.7 Å². The van der Waals surface area contributed by atoms with Crippen molar-refractivity contribution in [2.75, 3.05) is 9.80 Å². The summed E-state index contributed by atoms with van der Waals surface area (Å²) in [6.07, 6.45) is 0.115. The third-order valence-electron chi connectivity index (χ3n) is 7.18. The molecular weight excluding hydrogens is 721 g/mol. The van der Waals surface area contributed by atoms with Gasteiger partial charge in [-0.15, -0.1) is 0 Å². The van der Waals surface area contributed by atoms with Gasteiger partial charge in [-0.25, -0.2) is 18.2 Å². The minimum absolute atomic E-state index is 0.0193. The summed E-state index contributed by atoms with van der Waals surface area (Å²) in [4.78, 5) is 47.9. The van der Waals surface area contributed by atoms with Gasteiger partial charge in [0.05, 0.1) is 11.6 Å². The second kappa shape index (κ2) is 12.3. The summed E-state index contributed by atoms with van der Waals surface area (Å²) in [6, 6.07) is 9.05. The maximum absolute atomic E-state index is 14.8. The standard InChI is InChI=1S/C29H21Cl2F3IN5O3/c30-16-1-2-22(31)21(8-16)26(27(42)38-19-12-29(33,34)13-19)39(20-10-17(32)9-18(35)11-20)28(43)23-3-4-25(41)40(23)24-7-15(14-36)5-6-37-24/h1-2,5-11,19,23,26H,3-4,12-13H2,(H,38,42)/t23-,26-/m0/s1. The Labute approximate surface area is 267 Å². The van der Waals surface area contributed by atoms with Crippen LogP contribution in [0.2, 0.25) is 10.0 Å². The highest BCUT2D eigenvalue weighted by Gasteiger charge is 2.48. The lowest BCUT2D eigenvalue weighted by molar-refractivity contribution is -0.133. The number of nitriles is 1. The summed E-state index contributed by atoms with van der Waals surface area (Å²) >= 11 is 14.6. The van der Waals surface area contributed by atoms with Gasteiger partial charge >= 0.3 is 0 Å². The normalized spacial score (nSPS) is 18.5. The molecule has 2 fully saturated rings. The molecule has 43 heavy (non-hydrogen) atoms. The van der Waals surface area contributed by atoms with Crippen molar-refractivity contribution in [3.05, 3.63) is 85.3 Å². The molecule has 5 rings (SSSR count). The van der Waals surface area contributed by atoms with Crippen molar-refractivity contribution in [3.8, 4) is 6.07 Å². The zero-order valence-corrected chi connectivity index (χ0v) is 25.7. The topological polar surface area (TPSA) is 106 Å². The molecule has 0 radical (unpaired) electrons. The molecule has 1 saturated heterocycles. The Hall–Kier alpha value is -3.41. The molecular formula is C29H21Cl2F3IN5O3. The molecule has 3 amide bonds. The molecule has 2 atom stereocenters. The van der Waals surface area contributed by atoms with Gasteiger partial charge in [-0.3, -0.25) is 24.2 Å². The van der Waals surface area contributed by atoms with Crippen LogP contribution in [0, 0.1) is 20.7 Å². The number of hydrogen-bond acceptors (Lipinski definition) is 5. The van der Waals surface area contributed by atoms with E-state index in [4.69, 9.17) is 23.2 Å². The van der Waals surface area contributed by atoms with Gasteiger partial charge in [0.25, 0.3) is 11.8 Å². The first-order valence-electron chi connectivity index (χ1n) is 13.0. The number of nitrogens with one attached hydrogen (secondary N) is 1. The van der Waals surface area contributed by atoms with Crippen molar-refractivity contribution in [2.45, 2.75) is 49.7 Å². The molecule has 3 aromatic rings. The number of carbonyl (C=O) groups excluding carboxylic acids is 3. The molecule has 8 nitrogen and oxygen atoms in total. The maximum Gasteiger partial charge on any atom is 0.252 e. The first-order valence-corrected chi connectivity index (χ1v) is 14.8. The van der Waals surface area contributed by atoms with Gasteiger partial charge in [0, 0.05) is 56.4 Å². The van der Waals surface area contributed by atoms with Crippen molar-refractivity contribution >= 4 is 75.0 Å². The van der Waals surface area contributed by atoms with Crippen LogP contribution in [0.25, 0.3) is 0 Å². The van der Waals surface area contributed by atoms with Crippen molar-refractivity contribution < 1.29 is 27.6 Å². The fraction of sp³-hybridized carbons (Fsp3) is 0.276. The van der Waals surface area contributed by atoms with Crippen LogP contribution in [0.5, 0.6) is 0 Å². The zero-order chi connectivity index (χ0) is 31.1.